The Bertz CT molecular complexity index is 1250. The molecule has 3 heterocycles. The van der Waals surface area contributed by atoms with Gasteiger partial charge in [0.05, 0.1) is 23.7 Å². The number of nitrogens with zero attached hydrogens (tertiary/aromatic N) is 4. The van der Waals surface area contributed by atoms with Crippen molar-refractivity contribution in [3.63, 3.8) is 0 Å². The van der Waals surface area contributed by atoms with Gasteiger partial charge in [0.15, 0.2) is 28.9 Å². The Morgan fingerprint density at radius 1 is 0.893 bits per heavy atom. The summed E-state index contributed by atoms with van der Waals surface area (Å²) in [6, 6.07) is 1.88. The molecule has 3 aromatic heterocycles. The summed E-state index contributed by atoms with van der Waals surface area (Å²) in [7, 11) is 0. The SMILES string of the molecule is Nc1nccn2c(C(=O)c3cc(-c4cc(F)c(F)cc4F)ncc3F)cnc12. The number of benzene rings is 1. The Kier molecular flexibility index (Phi) is 4.03. The van der Waals surface area contributed by atoms with Gasteiger partial charge in [0.25, 0.3) is 0 Å². The number of nitrogens with two attached hydrogens (primary N) is 1. The predicted molar refractivity (Wildman–Crippen MR) is 90.3 cm³/mol. The zero-order valence-electron chi connectivity index (χ0n) is 13.8. The van der Waals surface area contributed by atoms with Crippen molar-refractivity contribution in [1.82, 2.24) is 19.4 Å². The molecule has 0 radical (unpaired) electrons. The molecule has 6 nitrogen and oxygen atoms in total. The van der Waals surface area contributed by atoms with Gasteiger partial charge in [-0.05, 0) is 12.1 Å². The van der Waals surface area contributed by atoms with Gasteiger partial charge < -0.3 is 5.73 Å². The highest BCUT2D eigenvalue weighted by molar-refractivity contribution is 6.09. The van der Waals surface area contributed by atoms with Crippen molar-refractivity contribution in [2.75, 3.05) is 5.73 Å². The second-order valence-corrected chi connectivity index (χ2v) is 5.77. The second kappa shape index (κ2) is 6.41. The van der Waals surface area contributed by atoms with Crippen LogP contribution >= 0.6 is 0 Å². The van der Waals surface area contributed by atoms with Crippen molar-refractivity contribution in [2.45, 2.75) is 0 Å². The molecule has 10 heteroatoms. The molecule has 28 heavy (non-hydrogen) atoms. The molecule has 0 saturated carbocycles. The third-order valence-electron chi connectivity index (χ3n) is 4.07. The molecule has 0 spiro atoms. The van der Waals surface area contributed by atoms with E-state index in [1.165, 1.54) is 23.0 Å². The molecule has 0 fully saturated rings. The van der Waals surface area contributed by atoms with Crippen molar-refractivity contribution in [3.8, 4) is 11.3 Å². The number of halogens is 4. The number of carbonyl (C=O) groups excluding carboxylic acids is 1. The summed E-state index contributed by atoms with van der Waals surface area (Å²) < 4.78 is 56.2. The van der Waals surface area contributed by atoms with Gasteiger partial charge in [0.1, 0.15) is 11.5 Å². The van der Waals surface area contributed by atoms with E-state index >= 15 is 0 Å². The molecule has 0 amide bonds. The Morgan fingerprint density at radius 3 is 2.43 bits per heavy atom. The van der Waals surface area contributed by atoms with E-state index in [1.807, 2.05) is 0 Å². The van der Waals surface area contributed by atoms with E-state index in [4.69, 9.17) is 5.73 Å². The van der Waals surface area contributed by atoms with E-state index in [0.29, 0.717) is 18.3 Å². The lowest BCUT2D eigenvalue weighted by molar-refractivity contribution is 0.102. The normalized spacial score (nSPS) is 11.1. The van der Waals surface area contributed by atoms with Gasteiger partial charge in [-0.25, -0.2) is 27.5 Å². The summed E-state index contributed by atoms with van der Waals surface area (Å²) in [6.07, 6.45) is 4.64. The Labute approximate surface area is 154 Å². The average Bonchev–Trinajstić information content (AvgIpc) is 3.10. The number of nitrogen functional groups attached to an aromatic ring is 1. The quantitative estimate of drug-likeness (QED) is 0.332. The third kappa shape index (κ3) is 2.75. The van der Waals surface area contributed by atoms with Gasteiger partial charge in [0, 0.05) is 24.0 Å². The van der Waals surface area contributed by atoms with E-state index in [-0.39, 0.29) is 22.9 Å². The van der Waals surface area contributed by atoms with Crippen LogP contribution in [0.15, 0.2) is 43.0 Å². The predicted octanol–water partition coefficient (Wildman–Crippen LogP) is 3.16. The van der Waals surface area contributed by atoms with Crippen LogP contribution in [0.5, 0.6) is 0 Å². The fourth-order valence-corrected chi connectivity index (χ4v) is 2.72. The molecule has 4 aromatic rings. The van der Waals surface area contributed by atoms with Crippen molar-refractivity contribution in [1.29, 1.82) is 0 Å². The van der Waals surface area contributed by atoms with E-state index in [2.05, 4.69) is 15.0 Å². The Morgan fingerprint density at radius 2 is 1.64 bits per heavy atom. The van der Waals surface area contributed by atoms with Gasteiger partial charge >= 0.3 is 0 Å². The maximum atomic E-state index is 14.3. The van der Waals surface area contributed by atoms with Crippen LogP contribution in [0.2, 0.25) is 0 Å². The van der Waals surface area contributed by atoms with E-state index in [0.717, 1.165) is 6.07 Å². The van der Waals surface area contributed by atoms with Crippen molar-refractivity contribution in [2.24, 2.45) is 0 Å². The van der Waals surface area contributed by atoms with Crippen molar-refractivity contribution < 1.29 is 22.4 Å². The molecule has 0 saturated heterocycles. The third-order valence-corrected chi connectivity index (χ3v) is 4.07. The fourth-order valence-electron chi connectivity index (χ4n) is 2.72. The molecular weight excluding hydrogens is 378 g/mol. The molecule has 0 bridgehead atoms. The number of ketones is 1. The highest BCUT2D eigenvalue weighted by atomic mass is 19.2. The average molecular weight is 387 g/mol. The summed E-state index contributed by atoms with van der Waals surface area (Å²) in [6.45, 7) is 0. The number of hydrogen-bond acceptors (Lipinski definition) is 5. The molecule has 0 aliphatic heterocycles. The first kappa shape index (κ1) is 17.6. The summed E-state index contributed by atoms with van der Waals surface area (Å²) in [4.78, 5) is 24.3. The largest absolute Gasteiger partial charge is 0.381 e. The van der Waals surface area contributed by atoms with Crippen LogP contribution in [0.3, 0.4) is 0 Å². The van der Waals surface area contributed by atoms with E-state index in [1.54, 1.807) is 0 Å². The van der Waals surface area contributed by atoms with Crippen molar-refractivity contribution >= 4 is 17.2 Å². The molecule has 2 N–H and O–H groups in total. The molecule has 0 aliphatic carbocycles. The summed E-state index contributed by atoms with van der Waals surface area (Å²) in [5, 5.41) is 0. The van der Waals surface area contributed by atoms with Crippen LogP contribution in [-0.2, 0) is 0 Å². The monoisotopic (exact) mass is 387 g/mol. The van der Waals surface area contributed by atoms with Crippen LogP contribution < -0.4 is 5.73 Å². The molecule has 140 valence electrons. The van der Waals surface area contributed by atoms with E-state index in [9.17, 15) is 22.4 Å². The minimum absolute atomic E-state index is 0.0223. The molecule has 4 rings (SSSR count). The number of fused-ring (bicyclic) bond motifs is 1. The number of carbonyl (C=O) groups is 1. The molecule has 0 aliphatic rings. The number of rotatable bonds is 3. The summed E-state index contributed by atoms with van der Waals surface area (Å²) in [5.74, 6) is -5.49. The van der Waals surface area contributed by atoms with Crippen LogP contribution in [0.1, 0.15) is 16.1 Å². The number of imidazole rings is 1. The molecule has 0 unspecified atom stereocenters. The maximum absolute atomic E-state index is 14.3. The molecule has 0 atom stereocenters. The van der Waals surface area contributed by atoms with E-state index < -0.39 is 40.2 Å². The highest BCUT2D eigenvalue weighted by Gasteiger charge is 2.22. The highest BCUT2D eigenvalue weighted by Crippen LogP contribution is 2.26. The van der Waals surface area contributed by atoms with Gasteiger partial charge in [-0.2, -0.15) is 0 Å². The standard InChI is InChI=1S/C18H9F4N5O/c19-10-5-12(21)11(20)3-8(10)14-4-9(13(22)6-25-14)16(28)15-7-26-18-17(23)24-1-2-27(15)18/h1-7H,(H2,23,24). The zero-order chi connectivity index (χ0) is 20.0. The number of pyridine rings is 1. The summed E-state index contributed by atoms with van der Waals surface area (Å²) >= 11 is 0. The summed E-state index contributed by atoms with van der Waals surface area (Å²) in [5.41, 5.74) is 4.75. The lowest BCUT2D eigenvalue weighted by atomic mass is 10.0. The molecular formula is C18H9F4N5O. The van der Waals surface area contributed by atoms with Gasteiger partial charge in [-0.3, -0.25) is 14.2 Å². The second-order valence-electron chi connectivity index (χ2n) is 5.77. The first-order valence-corrected chi connectivity index (χ1v) is 7.79. The van der Waals surface area contributed by atoms with Gasteiger partial charge in [-0.15, -0.1) is 0 Å². The maximum Gasteiger partial charge on any atom is 0.214 e. The van der Waals surface area contributed by atoms with Crippen LogP contribution in [0.4, 0.5) is 23.4 Å². The van der Waals surface area contributed by atoms with Crippen molar-refractivity contribution in [3.05, 3.63) is 77.5 Å². The molecule has 1 aromatic carbocycles. The fraction of sp³-hybridized carbons (Fsp3) is 0. The number of hydrogen-bond donors (Lipinski definition) is 1. The van der Waals surface area contributed by atoms with Crippen LogP contribution in [0, 0.1) is 23.3 Å². The van der Waals surface area contributed by atoms with Crippen LogP contribution in [-0.4, -0.2) is 25.1 Å². The number of anilines is 1. The smallest absolute Gasteiger partial charge is 0.214 e. The lowest BCUT2D eigenvalue weighted by Gasteiger charge is -2.08. The lowest BCUT2D eigenvalue weighted by Crippen LogP contribution is -2.09. The Hall–Kier alpha value is -3.82. The number of aromatic nitrogens is 4. The minimum atomic E-state index is -1.38. The first-order chi connectivity index (χ1) is 13.4. The Balaban J connectivity index is 1.84. The minimum Gasteiger partial charge on any atom is -0.381 e. The van der Waals surface area contributed by atoms with Gasteiger partial charge in [-0.1, -0.05) is 0 Å². The topological polar surface area (TPSA) is 86.2 Å². The first-order valence-electron chi connectivity index (χ1n) is 7.79. The van der Waals surface area contributed by atoms with Gasteiger partial charge in [0.2, 0.25) is 5.78 Å². The van der Waals surface area contributed by atoms with Crippen LogP contribution in [0.25, 0.3) is 16.9 Å². The zero-order valence-corrected chi connectivity index (χ0v) is 13.8.